The maximum Gasteiger partial charge on any atom is 0.122 e. The van der Waals surface area contributed by atoms with Gasteiger partial charge >= 0.3 is 0 Å². The largest absolute Gasteiger partial charge is 0.313 e. The molecule has 68 valence electrons. The Morgan fingerprint density at radius 1 is 1.58 bits per heavy atom. The lowest BCUT2D eigenvalue weighted by Gasteiger charge is -2.10. The standard InChI is InChI=1S/C10H16FN/c1-5-9(8(3)12-4)7-10(11)6-2/h5-8,12H,2H2,1,3-4H3/b9-5+,10-7+. The summed E-state index contributed by atoms with van der Waals surface area (Å²) in [6.07, 6.45) is 4.56. The molecule has 0 bridgehead atoms. The van der Waals surface area contributed by atoms with Crippen LogP contribution in [0, 0.1) is 0 Å². The Kier molecular flexibility index (Phi) is 5.30. The molecule has 0 aliphatic heterocycles. The van der Waals surface area contributed by atoms with E-state index in [-0.39, 0.29) is 11.9 Å². The Morgan fingerprint density at radius 2 is 2.17 bits per heavy atom. The van der Waals surface area contributed by atoms with Crippen LogP contribution in [0.15, 0.2) is 36.2 Å². The number of rotatable bonds is 4. The van der Waals surface area contributed by atoms with Gasteiger partial charge in [-0.1, -0.05) is 12.7 Å². The molecule has 0 aromatic heterocycles. The van der Waals surface area contributed by atoms with Crippen molar-refractivity contribution in [2.45, 2.75) is 19.9 Å². The van der Waals surface area contributed by atoms with Crippen molar-refractivity contribution in [3.05, 3.63) is 36.2 Å². The molecule has 1 nitrogen and oxygen atoms in total. The smallest absolute Gasteiger partial charge is 0.122 e. The minimum absolute atomic E-state index is 0.167. The monoisotopic (exact) mass is 169 g/mol. The van der Waals surface area contributed by atoms with E-state index >= 15 is 0 Å². The second-order valence-corrected chi connectivity index (χ2v) is 2.53. The van der Waals surface area contributed by atoms with Crippen LogP contribution in [0.3, 0.4) is 0 Å². The summed E-state index contributed by atoms with van der Waals surface area (Å²) in [6, 6.07) is 0.167. The third kappa shape index (κ3) is 3.49. The van der Waals surface area contributed by atoms with E-state index in [4.69, 9.17) is 0 Å². The average molecular weight is 169 g/mol. The van der Waals surface area contributed by atoms with Gasteiger partial charge in [0.2, 0.25) is 0 Å². The third-order valence-corrected chi connectivity index (χ3v) is 1.77. The van der Waals surface area contributed by atoms with Crippen LogP contribution in [0.2, 0.25) is 0 Å². The third-order valence-electron chi connectivity index (χ3n) is 1.77. The minimum atomic E-state index is -0.301. The molecule has 0 radical (unpaired) electrons. The molecule has 0 heterocycles. The molecule has 0 saturated heterocycles. The van der Waals surface area contributed by atoms with Crippen LogP contribution < -0.4 is 5.32 Å². The molecule has 1 N–H and O–H groups in total. The SMILES string of the molecule is C=C/C(F)=C\C(=C/C)C(C)NC. The summed E-state index contributed by atoms with van der Waals surface area (Å²) >= 11 is 0. The molecule has 0 aromatic rings. The van der Waals surface area contributed by atoms with Crippen molar-refractivity contribution in [3.8, 4) is 0 Å². The van der Waals surface area contributed by atoms with Gasteiger partial charge in [0, 0.05) is 6.04 Å². The van der Waals surface area contributed by atoms with Gasteiger partial charge in [0.15, 0.2) is 0 Å². The lowest BCUT2D eigenvalue weighted by Crippen LogP contribution is -2.22. The van der Waals surface area contributed by atoms with Crippen molar-refractivity contribution in [1.29, 1.82) is 0 Å². The molecule has 0 fully saturated rings. The second kappa shape index (κ2) is 5.72. The van der Waals surface area contributed by atoms with Crippen LogP contribution in [0.1, 0.15) is 13.8 Å². The topological polar surface area (TPSA) is 12.0 Å². The fraction of sp³-hybridized carbons (Fsp3) is 0.400. The predicted octanol–water partition coefficient (Wildman–Crippen LogP) is 2.58. The fourth-order valence-electron chi connectivity index (χ4n) is 0.843. The van der Waals surface area contributed by atoms with Crippen LogP contribution in [0.4, 0.5) is 4.39 Å². The molecule has 2 heteroatoms. The van der Waals surface area contributed by atoms with Gasteiger partial charge in [0.25, 0.3) is 0 Å². The van der Waals surface area contributed by atoms with Crippen molar-refractivity contribution in [3.63, 3.8) is 0 Å². The fourth-order valence-corrected chi connectivity index (χ4v) is 0.843. The molecule has 0 saturated carbocycles. The summed E-state index contributed by atoms with van der Waals surface area (Å²) in [5.74, 6) is -0.301. The normalized spacial score (nSPS) is 16.0. The Balaban J connectivity index is 4.49. The Labute approximate surface area is 73.7 Å². The number of hydrogen-bond donors (Lipinski definition) is 1. The van der Waals surface area contributed by atoms with E-state index in [1.54, 1.807) is 0 Å². The van der Waals surface area contributed by atoms with E-state index in [2.05, 4.69) is 11.9 Å². The molecule has 0 rings (SSSR count). The zero-order valence-corrected chi connectivity index (χ0v) is 7.89. The van der Waals surface area contributed by atoms with Crippen molar-refractivity contribution >= 4 is 0 Å². The summed E-state index contributed by atoms with van der Waals surface area (Å²) in [6.45, 7) is 7.20. The molecule has 0 amide bonds. The zero-order chi connectivity index (χ0) is 9.56. The maximum absolute atomic E-state index is 12.7. The average Bonchev–Trinajstić information content (AvgIpc) is 2.12. The van der Waals surface area contributed by atoms with Gasteiger partial charge in [-0.05, 0) is 38.6 Å². The Hall–Kier alpha value is -0.890. The summed E-state index contributed by atoms with van der Waals surface area (Å²) in [7, 11) is 1.84. The van der Waals surface area contributed by atoms with E-state index in [1.165, 1.54) is 12.2 Å². The summed E-state index contributed by atoms with van der Waals surface area (Å²) < 4.78 is 12.7. The summed E-state index contributed by atoms with van der Waals surface area (Å²) in [5.41, 5.74) is 0.926. The molecule has 1 unspecified atom stereocenters. The van der Waals surface area contributed by atoms with Crippen molar-refractivity contribution in [2.24, 2.45) is 0 Å². The highest BCUT2D eigenvalue weighted by molar-refractivity contribution is 5.28. The van der Waals surface area contributed by atoms with Crippen molar-refractivity contribution in [1.82, 2.24) is 5.32 Å². The first-order valence-electron chi connectivity index (χ1n) is 3.98. The highest BCUT2D eigenvalue weighted by Gasteiger charge is 2.02. The first kappa shape index (κ1) is 11.1. The van der Waals surface area contributed by atoms with E-state index in [0.29, 0.717) is 0 Å². The maximum atomic E-state index is 12.7. The van der Waals surface area contributed by atoms with Crippen molar-refractivity contribution < 1.29 is 4.39 Å². The predicted molar refractivity (Wildman–Crippen MR) is 51.7 cm³/mol. The van der Waals surface area contributed by atoms with Crippen molar-refractivity contribution in [2.75, 3.05) is 7.05 Å². The highest BCUT2D eigenvalue weighted by Crippen LogP contribution is 2.08. The minimum Gasteiger partial charge on any atom is -0.313 e. The highest BCUT2D eigenvalue weighted by atomic mass is 19.1. The van der Waals surface area contributed by atoms with Gasteiger partial charge < -0.3 is 5.32 Å². The van der Waals surface area contributed by atoms with E-state index in [0.717, 1.165) is 5.57 Å². The number of allylic oxidation sites excluding steroid dienone is 3. The molecular weight excluding hydrogens is 153 g/mol. The lowest BCUT2D eigenvalue weighted by molar-refractivity contribution is 0.654. The molecule has 12 heavy (non-hydrogen) atoms. The van der Waals surface area contributed by atoms with Gasteiger partial charge in [-0.15, -0.1) is 0 Å². The van der Waals surface area contributed by atoms with Crippen LogP contribution in [0.5, 0.6) is 0 Å². The number of hydrogen-bond acceptors (Lipinski definition) is 1. The van der Waals surface area contributed by atoms with Crippen LogP contribution >= 0.6 is 0 Å². The lowest BCUT2D eigenvalue weighted by atomic mass is 10.1. The first-order chi connectivity index (χ1) is 5.65. The number of halogens is 1. The van der Waals surface area contributed by atoms with Gasteiger partial charge in [-0.25, -0.2) is 4.39 Å². The second-order valence-electron chi connectivity index (χ2n) is 2.53. The van der Waals surface area contributed by atoms with Gasteiger partial charge in [0.1, 0.15) is 5.83 Å². The van der Waals surface area contributed by atoms with E-state index < -0.39 is 0 Å². The number of likely N-dealkylation sites (N-methyl/N-ethyl adjacent to an activating group) is 1. The number of nitrogens with one attached hydrogen (secondary N) is 1. The van der Waals surface area contributed by atoms with Crippen LogP contribution in [-0.4, -0.2) is 13.1 Å². The summed E-state index contributed by atoms with van der Waals surface area (Å²) in [5, 5.41) is 3.03. The van der Waals surface area contributed by atoms with Gasteiger partial charge in [-0.2, -0.15) is 0 Å². The molecule has 1 atom stereocenters. The van der Waals surface area contributed by atoms with Crippen LogP contribution in [0.25, 0.3) is 0 Å². The molecule has 0 aromatic carbocycles. The van der Waals surface area contributed by atoms with Gasteiger partial charge in [-0.3, -0.25) is 0 Å². The first-order valence-corrected chi connectivity index (χ1v) is 3.98. The summed E-state index contributed by atoms with van der Waals surface area (Å²) in [4.78, 5) is 0. The van der Waals surface area contributed by atoms with E-state index in [9.17, 15) is 4.39 Å². The molecule has 0 aliphatic carbocycles. The van der Waals surface area contributed by atoms with Gasteiger partial charge in [0.05, 0.1) is 0 Å². The Morgan fingerprint density at radius 3 is 2.50 bits per heavy atom. The molecule has 0 aliphatic rings. The molecule has 0 spiro atoms. The van der Waals surface area contributed by atoms with E-state index in [1.807, 2.05) is 27.0 Å². The Bertz CT molecular complexity index is 204. The molecular formula is C10H16FN. The van der Waals surface area contributed by atoms with Crippen LogP contribution in [-0.2, 0) is 0 Å². The zero-order valence-electron chi connectivity index (χ0n) is 7.89. The quantitative estimate of drug-likeness (QED) is 0.638.